The molecule has 4 unspecified atom stereocenters. The van der Waals surface area contributed by atoms with E-state index in [4.69, 9.17) is 9.47 Å². The highest BCUT2D eigenvalue weighted by molar-refractivity contribution is 5.96. The highest BCUT2D eigenvalue weighted by Gasteiger charge is 2.28. The van der Waals surface area contributed by atoms with Crippen LogP contribution in [0.3, 0.4) is 0 Å². The fourth-order valence-corrected chi connectivity index (χ4v) is 4.81. The summed E-state index contributed by atoms with van der Waals surface area (Å²) < 4.78 is 11.2. The van der Waals surface area contributed by atoms with Crippen LogP contribution in [-0.4, -0.2) is 49.3 Å². The maximum atomic E-state index is 13.0. The zero-order valence-electron chi connectivity index (χ0n) is 29.2. The third-order valence-corrected chi connectivity index (χ3v) is 8.17. The van der Waals surface area contributed by atoms with Crippen LogP contribution < -0.4 is 21.3 Å². The molecule has 4 N–H and O–H groups in total. The van der Waals surface area contributed by atoms with Gasteiger partial charge >= 0.3 is 24.0 Å². The zero-order valence-corrected chi connectivity index (χ0v) is 29.2. The van der Waals surface area contributed by atoms with Crippen LogP contribution in [0.1, 0.15) is 112 Å². The fourth-order valence-electron chi connectivity index (χ4n) is 4.81. The van der Waals surface area contributed by atoms with Crippen molar-refractivity contribution in [1.82, 2.24) is 10.6 Å². The first-order chi connectivity index (χ1) is 21.4. The molecule has 10 nitrogen and oxygen atoms in total. The zero-order chi connectivity index (χ0) is 33.9. The number of hydrogen-bond donors (Lipinski definition) is 4. The number of urea groups is 2. The molecule has 10 heteroatoms. The molecule has 1 aromatic carbocycles. The Morgan fingerprint density at radius 3 is 1.53 bits per heavy atom. The van der Waals surface area contributed by atoms with Crippen LogP contribution in [0.25, 0.3) is 0 Å². The maximum Gasteiger partial charge on any atom is 0.328 e. The van der Waals surface area contributed by atoms with Gasteiger partial charge in [0, 0.05) is 11.4 Å². The number of nitrogens with one attached hydrogen (secondary N) is 4. The third-order valence-electron chi connectivity index (χ3n) is 8.17. The molecule has 256 valence electrons. The van der Waals surface area contributed by atoms with Crippen molar-refractivity contribution in [2.45, 2.75) is 126 Å². The van der Waals surface area contributed by atoms with Gasteiger partial charge in [-0.1, -0.05) is 100.0 Å². The summed E-state index contributed by atoms with van der Waals surface area (Å²) in [6, 6.07) is 2.35. The minimum atomic E-state index is -0.812. The Bertz CT molecular complexity index is 1060. The number of carbonyl (C=O) groups is 4. The predicted octanol–water partition coefficient (Wildman–Crippen LogP) is 7.81. The summed E-state index contributed by atoms with van der Waals surface area (Å²) >= 11 is 0. The van der Waals surface area contributed by atoms with Crippen molar-refractivity contribution < 1.29 is 28.7 Å². The number of ether oxygens (including phenoxy) is 2. The van der Waals surface area contributed by atoms with Crippen molar-refractivity contribution >= 4 is 35.4 Å². The normalized spacial score (nSPS) is 13.8. The average Bonchev–Trinajstić information content (AvgIpc) is 2.99. The Balaban J connectivity index is 2.82. The number of amides is 4. The van der Waals surface area contributed by atoms with Gasteiger partial charge in [0.25, 0.3) is 0 Å². The number of esters is 2. The molecule has 0 aliphatic heterocycles. The second kappa shape index (κ2) is 21.4. The number of rotatable bonds is 20. The molecule has 0 aliphatic rings. The minimum Gasteiger partial charge on any atom is -0.464 e. The van der Waals surface area contributed by atoms with Gasteiger partial charge in [-0.25, -0.2) is 19.2 Å². The molecule has 0 radical (unpaired) electrons. The van der Waals surface area contributed by atoms with Crippen LogP contribution in [0.2, 0.25) is 0 Å². The smallest absolute Gasteiger partial charge is 0.328 e. The van der Waals surface area contributed by atoms with Crippen LogP contribution in [0.15, 0.2) is 18.2 Å². The van der Waals surface area contributed by atoms with Gasteiger partial charge in [0.15, 0.2) is 0 Å². The summed E-state index contributed by atoms with van der Waals surface area (Å²) in [6.07, 6.45) is 8.21. The quantitative estimate of drug-likeness (QED) is 0.108. The third kappa shape index (κ3) is 15.0. The van der Waals surface area contributed by atoms with E-state index in [2.05, 4.69) is 49.0 Å². The largest absolute Gasteiger partial charge is 0.464 e. The molecule has 0 saturated carbocycles. The SMILES string of the molecule is CCCCC(CC)COC(=O)C(NC(=O)Nc1ccc(C)c(NC(=O)NC(C(=O)OCC(CC)CCCC)C(C)C)c1)C(C)C. The van der Waals surface area contributed by atoms with Gasteiger partial charge in [-0.05, 0) is 61.1 Å². The summed E-state index contributed by atoms with van der Waals surface area (Å²) in [6.45, 7) is 18.3. The predicted molar refractivity (Wildman–Crippen MR) is 181 cm³/mol. The summed E-state index contributed by atoms with van der Waals surface area (Å²) in [5.41, 5.74) is 1.65. The molecule has 4 amide bonds. The van der Waals surface area contributed by atoms with E-state index in [0.29, 0.717) is 36.4 Å². The lowest BCUT2D eigenvalue weighted by atomic mass is 10.0. The van der Waals surface area contributed by atoms with E-state index in [9.17, 15) is 19.2 Å². The molecule has 0 bridgehead atoms. The first kappa shape index (κ1) is 39.7. The van der Waals surface area contributed by atoms with Crippen LogP contribution in [-0.2, 0) is 19.1 Å². The molecule has 0 fully saturated rings. The van der Waals surface area contributed by atoms with Crippen molar-refractivity contribution in [1.29, 1.82) is 0 Å². The van der Waals surface area contributed by atoms with E-state index >= 15 is 0 Å². The lowest BCUT2D eigenvalue weighted by Crippen LogP contribution is -2.47. The Morgan fingerprint density at radius 2 is 1.13 bits per heavy atom. The minimum absolute atomic E-state index is 0.178. The van der Waals surface area contributed by atoms with Gasteiger partial charge < -0.3 is 30.7 Å². The molecule has 4 atom stereocenters. The van der Waals surface area contributed by atoms with Gasteiger partial charge in [0.05, 0.1) is 13.2 Å². The van der Waals surface area contributed by atoms with Gasteiger partial charge in [-0.2, -0.15) is 0 Å². The Morgan fingerprint density at radius 1 is 0.689 bits per heavy atom. The molecule has 45 heavy (non-hydrogen) atoms. The van der Waals surface area contributed by atoms with Crippen molar-refractivity contribution in [3.63, 3.8) is 0 Å². The standard InChI is InChI=1S/C35H60N4O6/c1-10-14-16-26(12-3)21-44-32(40)30(23(5)6)38-34(42)36-28-19-18-25(9)29(20-28)37-35(43)39-31(24(7)8)33(41)45-22-27(13-4)17-15-11-2/h18-20,23-24,26-27,30-31H,10-17,21-22H2,1-9H3,(H2,36,38,42)(H2,37,39,43). The fraction of sp³-hybridized carbons (Fsp3) is 0.714. The Kier molecular flexibility index (Phi) is 18.9. The number of benzene rings is 1. The summed E-state index contributed by atoms with van der Waals surface area (Å²) in [5, 5.41) is 11.0. The highest BCUT2D eigenvalue weighted by Crippen LogP contribution is 2.21. The topological polar surface area (TPSA) is 135 Å². The number of carbonyl (C=O) groups excluding carboxylic acids is 4. The summed E-state index contributed by atoms with van der Waals surface area (Å²) in [4.78, 5) is 51.6. The number of aryl methyl sites for hydroxylation is 1. The summed E-state index contributed by atoms with van der Waals surface area (Å²) in [7, 11) is 0. The molecule has 0 spiro atoms. The monoisotopic (exact) mass is 632 g/mol. The van der Waals surface area contributed by atoms with Gasteiger partial charge in [0.1, 0.15) is 12.1 Å². The van der Waals surface area contributed by atoms with Crippen LogP contribution in [0, 0.1) is 30.6 Å². The van der Waals surface area contributed by atoms with E-state index in [1.807, 2.05) is 34.6 Å². The molecule has 0 aliphatic carbocycles. The van der Waals surface area contributed by atoms with Gasteiger partial charge in [-0.3, -0.25) is 0 Å². The van der Waals surface area contributed by atoms with Crippen molar-refractivity contribution in [3.8, 4) is 0 Å². The Hall–Kier alpha value is -3.30. The second-order valence-electron chi connectivity index (χ2n) is 12.8. The number of hydrogen-bond acceptors (Lipinski definition) is 6. The van der Waals surface area contributed by atoms with Crippen LogP contribution in [0.4, 0.5) is 21.0 Å². The van der Waals surface area contributed by atoms with Crippen molar-refractivity contribution in [2.75, 3.05) is 23.8 Å². The van der Waals surface area contributed by atoms with Crippen molar-refractivity contribution in [2.24, 2.45) is 23.7 Å². The van der Waals surface area contributed by atoms with Gasteiger partial charge in [0.2, 0.25) is 0 Å². The molecule has 0 aromatic heterocycles. The van der Waals surface area contributed by atoms with E-state index in [0.717, 1.165) is 56.9 Å². The van der Waals surface area contributed by atoms with E-state index in [1.165, 1.54) is 0 Å². The lowest BCUT2D eigenvalue weighted by molar-refractivity contribution is -0.149. The number of unbranched alkanes of at least 4 members (excludes halogenated alkanes) is 2. The van der Waals surface area contributed by atoms with Crippen LogP contribution >= 0.6 is 0 Å². The van der Waals surface area contributed by atoms with E-state index in [-0.39, 0.29) is 11.8 Å². The van der Waals surface area contributed by atoms with Crippen molar-refractivity contribution in [3.05, 3.63) is 23.8 Å². The second-order valence-corrected chi connectivity index (χ2v) is 12.8. The molecule has 0 saturated heterocycles. The molecule has 0 heterocycles. The van der Waals surface area contributed by atoms with E-state index < -0.39 is 36.1 Å². The highest BCUT2D eigenvalue weighted by atomic mass is 16.5. The van der Waals surface area contributed by atoms with Gasteiger partial charge in [-0.15, -0.1) is 0 Å². The number of anilines is 2. The molecule has 1 aromatic rings. The van der Waals surface area contributed by atoms with E-state index in [1.54, 1.807) is 18.2 Å². The maximum absolute atomic E-state index is 13.0. The first-order valence-electron chi connectivity index (χ1n) is 16.9. The molecule has 1 rings (SSSR count). The van der Waals surface area contributed by atoms with Crippen LogP contribution in [0.5, 0.6) is 0 Å². The first-order valence-corrected chi connectivity index (χ1v) is 16.9. The molecular formula is C35H60N4O6. The molecular weight excluding hydrogens is 572 g/mol. The Labute approximate surface area is 271 Å². The average molecular weight is 633 g/mol. The summed E-state index contributed by atoms with van der Waals surface area (Å²) in [5.74, 6) is -0.664. The lowest BCUT2D eigenvalue weighted by Gasteiger charge is -2.23.